The van der Waals surface area contributed by atoms with Gasteiger partial charge in [0.05, 0.1) is 0 Å². The number of aliphatic carboxylic acids is 1. The van der Waals surface area contributed by atoms with Crippen LogP contribution in [-0.4, -0.2) is 16.6 Å². The first-order chi connectivity index (χ1) is 7.05. The molecule has 1 aliphatic rings. The number of hydrogen-bond donors (Lipinski definition) is 2. The normalized spacial score (nSPS) is 29.6. The Balaban J connectivity index is 2.46. The molecule has 1 heterocycles. The van der Waals surface area contributed by atoms with Crippen LogP contribution in [0.4, 0.5) is 0 Å². The van der Waals surface area contributed by atoms with Gasteiger partial charge in [0.25, 0.3) is 0 Å². The third-order valence-corrected chi connectivity index (χ3v) is 3.48. The van der Waals surface area contributed by atoms with Gasteiger partial charge in [-0.15, -0.1) is 0 Å². The van der Waals surface area contributed by atoms with Crippen LogP contribution in [0.1, 0.15) is 30.9 Å². The first kappa shape index (κ1) is 10.2. The zero-order valence-corrected chi connectivity index (χ0v) is 8.95. The van der Waals surface area contributed by atoms with Gasteiger partial charge in [0, 0.05) is 12.5 Å². The standard InChI is InChI=1S/C12H15NO2/c1-8-10-6-4-3-5-9(10)7-13-12(8,2)11(14)15/h3-6,8,13H,7H2,1-2H3,(H,14,15)/t8-,12+/m1/s1. The van der Waals surface area contributed by atoms with Gasteiger partial charge in [-0.2, -0.15) is 0 Å². The molecule has 0 saturated carbocycles. The number of hydrogen-bond acceptors (Lipinski definition) is 2. The summed E-state index contributed by atoms with van der Waals surface area (Å²) in [4.78, 5) is 11.2. The van der Waals surface area contributed by atoms with Crippen molar-refractivity contribution in [1.82, 2.24) is 5.32 Å². The quantitative estimate of drug-likeness (QED) is 0.734. The first-order valence-electron chi connectivity index (χ1n) is 5.12. The van der Waals surface area contributed by atoms with E-state index in [0.29, 0.717) is 6.54 Å². The van der Waals surface area contributed by atoms with E-state index in [1.54, 1.807) is 6.92 Å². The molecule has 2 N–H and O–H groups in total. The van der Waals surface area contributed by atoms with E-state index >= 15 is 0 Å². The lowest BCUT2D eigenvalue weighted by atomic mass is 9.77. The molecule has 2 rings (SSSR count). The summed E-state index contributed by atoms with van der Waals surface area (Å²) in [6.07, 6.45) is 0. The minimum atomic E-state index is -0.853. The van der Waals surface area contributed by atoms with E-state index in [0.717, 1.165) is 5.56 Å². The Bertz CT molecular complexity index is 402. The maximum atomic E-state index is 11.2. The summed E-state index contributed by atoms with van der Waals surface area (Å²) in [6, 6.07) is 8.00. The molecule has 80 valence electrons. The van der Waals surface area contributed by atoms with Crippen LogP contribution in [0.25, 0.3) is 0 Å². The van der Waals surface area contributed by atoms with Crippen LogP contribution in [0.3, 0.4) is 0 Å². The molecule has 0 aromatic heterocycles. The summed E-state index contributed by atoms with van der Waals surface area (Å²) < 4.78 is 0. The molecule has 2 atom stereocenters. The second-order valence-electron chi connectivity index (χ2n) is 4.28. The summed E-state index contributed by atoms with van der Waals surface area (Å²) >= 11 is 0. The van der Waals surface area contributed by atoms with E-state index in [9.17, 15) is 9.90 Å². The highest BCUT2D eigenvalue weighted by Crippen LogP contribution is 2.34. The molecule has 3 heteroatoms. The molecule has 15 heavy (non-hydrogen) atoms. The van der Waals surface area contributed by atoms with Crippen LogP contribution < -0.4 is 5.32 Å². The van der Waals surface area contributed by atoms with Gasteiger partial charge in [0.1, 0.15) is 5.54 Å². The number of nitrogens with one attached hydrogen (secondary N) is 1. The van der Waals surface area contributed by atoms with Crippen molar-refractivity contribution in [3.05, 3.63) is 35.4 Å². The Morgan fingerprint density at radius 3 is 2.87 bits per heavy atom. The van der Waals surface area contributed by atoms with Gasteiger partial charge in [0.15, 0.2) is 0 Å². The fraction of sp³-hybridized carbons (Fsp3) is 0.417. The van der Waals surface area contributed by atoms with Crippen molar-refractivity contribution in [3.63, 3.8) is 0 Å². The fourth-order valence-electron chi connectivity index (χ4n) is 2.12. The van der Waals surface area contributed by atoms with E-state index in [4.69, 9.17) is 0 Å². The molecule has 0 unspecified atom stereocenters. The Kier molecular flexibility index (Phi) is 2.27. The lowest BCUT2D eigenvalue weighted by Gasteiger charge is -2.38. The molecule has 0 bridgehead atoms. The maximum absolute atomic E-state index is 11.2. The van der Waals surface area contributed by atoms with Crippen molar-refractivity contribution in [2.24, 2.45) is 0 Å². The smallest absolute Gasteiger partial charge is 0.324 e. The second-order valence-corrected chi connectivity index (χ2v) is 4.28. The van der Waals surface area contributed by atoms with E-state index in [1.165, 1.54) is 5.56 Å². The van der Waals surface area contributed by atoms with Crippen LogP contribution >= 0.6 is 0 Å². The van der Waals surface area contributed by atoms with Crippen LogP contribution in [0.2, 0.25) is 0 Å². The highest BCUT2D eigenvalue weighted by atomic mass is 16.4. The predicted octanol–water partition coefficient (Wildman–Crippen LogP) is 1.74. The number of benzene rings is 1. The second kappa shape index (κ2) is 3.35. The topological polar surface area (TPSA) is 49.3 Å². The van der Waals surface area contributed by atoms with Gasteiger partial charge in [-0.1, -0.05) is 31.2 Å². The van der Waals surface area contributed by atoms with Gasteiger partial charge >= 0.3 is 5.97 Å². The zero-order chi connectivity index (χ0) is 11.1. The molecule has 1 aromatic carbocycles. The largest absolute Gasteiger partial charge is 0.480 e. The minimum Gasteiger partial charge on any atom is -0.480 e. The average Bonchev–Trinajstić information content (AvgIpc) is 2.24. The van der Waals surface area contributed by atoms with Gasteiger partial charge in [-0.3, -0.25) is 10.1 Å². The molecule has 1 aromatic rings. The van der Waals surface area contributed by atoms with Crippen LogP contribution in [-0.2, 0) is 11.3 Å². The van der Waals surface area contributed by atoms with Gasteiger partial charge in [-0.25, -0.2) is 0 Å². The van der Waals surface area contributed by atoms with E-state index in [1.807, 2.05) is 31.2 Å². The molecule has 0 fully saturated rings. The zero-order valence-electron chi connectivity index (χ0n) is 8.95. The number of rotatable bonds is 1. The monoisotopic (exact) mass is 205 g/mol. The third kappa shape index (κ3) is 1.43. The lowest BCUT2D eigenvalue weighted by Crippen LogP contribution is -2.55. The summed E-state index contributed by atoms with van der Waals surface area (Å²) in [7, 11) is 0. The molecule has 0 saturated heterocycles. The number of fused-ring (bicyclic) bond motifs is 1. The third-order valence-electron chi connectivity index (χ3n) is 3.48. The van der Waals surface area contributed by atoms with Crippen molar-refractivity contribution < 1.29 is 9.90 Å². The highest BCUT2D eigenvalue weighted by molar-refractivity contribution is 5.80. The van der Waals surface area contributed by atoms with Gasteiger partial charge in [-0.05, 0) is 18.1 Å². The van der Waals surface area contributed by atoms with E-state index in [-0.39, 0.29) is 5.92 Å². The minimum absolute atomic E-state index is 0.0139. The van der Waals surface area contributed by atoms with Crippen molar-refractivity contribution in [2.45, 2.75) is 31.8 Å². The highest BCUT2D eigenvalue weighted by Gasteiger charge is 2.42. The first-order valence-corrected chi connectivity index (χ1v) is 5.12. The molecule has 0 spiro atoms. The lowest BCUT2D eigenvalue weighted by molar-refractivity contribution is -0.145. The van der Waals surface area contributed by atoms with E-state index < -0.39 is 11.5 Å². The predicted molar refractivity (Wildman–Crippen MR) is 57.7 cm³/mol. The average molecular weight is 205 g/mol. The number of carboxylic acid groups (broad SMARTS) is 1. The molecule has 0 radical (unpaired) electrons. The molecule has 0 aliphatic carbocycles. The molecular weight excluding hydrogens is 190 g/mol. The van der Waals surface area contributed by atoms with Crippen LogP contribution in [0, 0.1) is 0 Å². The van der Waals surface area contributed by atoms with Crippen LogP contribution in [0.5, 0.6) is 0 Å². The molecule has 3 nitrogen and oxygen atoms in total. The summed E-state index contributed by atoms with van der Waals surface area (Å²) in [5.74, 6) is -0.801. The van der Waals surface area contributed by atoms with Crippen LogP contribution in [0.15, 0.2) is 24.3 Å². The van der Waals surface area contributed by atoms with Crippen molar-refractivity contribution in [2.75, 3.05) is 0 Å². The van der Waals surface area contributed by atoms with Crippen molar-refractivity contribution in [1.29, 1.82) is 0 Å². The summed E-state index contributed by atoms with van der Waals surface area (Å²) in [5, 5.41) is 12.3. The van der Waals surface area contributed by atoms with Crippen molar-refractivity contribution >= 4 is 5.97 Å². The molecule has 0 amide bonds. The number of carboxylic acids is 1. The maximum Gasteiger partial charge on any atom is 0.324 e. The SMILES string of the molecule is C[C@@H]1c2ccccc2CN[C@]1(C)C(=O)O. The Labute approximate surface area is 89.1 Å². The Hall–Kier alpha value is -1.35. The fourth-order valence-corrected chi connectivity index (χ4v) is 2.12. The molecule has 1 aliphatic heterocycles. The summed E-state index contributed by atoms with van der Waals surface area (Å²) in [6.45, 7) is 4.33. The molecular formula is C12H15NO2. The Morgan fingerprint density at radius 2 is 2.20 bits per heavy atom. The Morgan fingerprint density at radius 1 is 1.53 bits per heavy atom. The van der Waals surface area contributed by atoms with Gasteiger partial charge < -0.3 is 5.11 Å². The number of carbonyl (C=O) groups is 1. The van der Waals surface area contributed by atoms with Crippen molar-refractivity contribution in [3.8, 4) is 0 Å². The summed E-state index contributed by atoms with van der Waals surface area (Å²) in [5.41, 5.74) is 1.49. The van der Waals surface area contributed by atoms with E-state index in [2.05, 4.69) is 5.32 Å². The van der Waals surface area contributed by atoms with Gasteiger partial charge in [0.2, 0.25) is 0 Å².